The van der Waals surface area contributed by atoms with Crippen molar-refractivity contribution >= 4 is 39.6 Å². The molecule has 102 valence electrons. The van der Waals surface area contributed by atoms with Gasteiger partial charge in [-0.25, -0.2) is 9.18 Å². The monoisotopic (exact) mass is 347 g/mol. The lowest BCUT2D eigenvalue weighted by molar-refractivity contribution is -0.141. The number of hydrogen-bond donors (Lipinski definition) is 1. The number of rotatable bonds is 2. The van der Waals surface area contributed by atoms with Crippen molar-refractivity contribution < 1.29 is 19.1 Å². The first kappa shape index (κ1) is 14.3. The Hall–Kier alpha value is -1.08. The second kappa shape index (κ2) is 5.92. The fraction of sp³-hybridized carbons (Fsp3) is 0.333. The van der Waals surface area contributed by atoms with Gasteiger partial charge in [0, 0.05) is 18.1 Å². The number of carboxylic acid groups (broad SMARTS) is 1. The number of carbonyl (C=O) groups excluding carboxylic acids is 1. The van der Waals surface area contributed by atoms with Crippen LogP contribution in [0.3, 0.4) is 0 Å². The van der Waals surface area contributed by atoms with Gasteiger partial charge in [0.2, 0.25) is 0 Å². The van der Waals surface area contributed by atoms with Crippen molar-refractivity contribution in [3.8, 4) is 0 Å². The molecular weight excluding hydrogens is 337 g/mol. The van der Waals surface area contributed by atoms with E-state index in [0.29, 0.717) is 18.1 Å². The molecule has 0 aliphatic carbocycles. The molecule has 1 aromatic rings. The Morgan fingerprint density at radius 3 is 2.89 bits per heavy atom. The third-order valence-corrected chi connectivity index (χ3v) is 4.49. The molecule has 0 saturated carbocycles. The average molecular weight is 348 g/mol. The minimum atomic E-state index is -1.06. The first-order valence-corrected chi connectivity index (χ1v) is 7.52. The van der Waals surface area contributed by atoms with Crippen molar-refractivity contribution in [2.24, 2.45) is 0 Å². The Morgan fingerprint density at radius 1 is 1.47 bits per heavy atom. The normalized spacial score (nSPS) is 19.3. The average Bonchev–Trinajstić information content (AvgIpc) is 2.41. The second-order valence-corrected chi connectivity index (χ2v) is 6.03. The molecule has 1 aromatic carbocycles. The van der Waals surface area contributed by atoms with Gasteiger partial charge in [0.25, 0.3) is 5.91 Å². The molecule has 1 aliphatic heterocycles. The van der Waals surface area contributed by atoms with Crippen LogP contribution in [0.5, 0.6) is 0 Å². The molecule has 1 aliphatic rings. The summed E-state index contributed by atoms with van der Waals surface area (Å²) in [5.41, 5.74) is -0.104. The summed E-state index contributed by atoms with van der Waals surface area (Å²) in [6, 6.07) is 3.51. The van der Waals surface area contributed by atoms with Crippen LogP contribution in [0.25, 0.3) is 0 Å². The van der Waals surface area contributed by atoms with Crippen LogP contribution in [0.15, 0.2) is 22.7 Å². The smallest absolute Gasteiger partial charge is 0.327 e. The van der Waals surface area contributed by atoms with Gasteiger partial charge >= 0.3 is 5.97 Å². The molecule has 1 fully saturated rings. The van der Waals surface area contributed by atoms with Crippen LogP contribution in [0, 0.1) is 5.82 Å². The highest BCUT2D eigenvalue weighted by molar-refractivity contribution is 9.10. The maximum Gasteiger partial charge on any atom is 0.327 e. The Bertz CT molecular complexity index is 526. The molecule has 1 N–H and O–H groups in total. The van der Waals surface area contributed by atoms with Crippen molar-refractivity contribution in [1.82, 2.24) is 4.90 Å². The van der Waals surface area contributed by atoms with Gasteiger partial charge in [-0.15, -0.1) is 0 Å². The van der Waals surface area contributed by atoms with Gasteiger partial charge in [0.05, 0.1) is 10.0 Å². The maximum atomic E-state index is 13.9. The second-order valence-electron chi connectivity index (χ2n) is 4.03. The highest BCUT2D eigenvalue weighted by Gasteiger charge is 2.34. The molecular formula is C12H11BrFNO3S. The molecule has 0 spiro atoms. The van der Waals surface area contributed by atoms with Gasteiger partial charge in [-0.05, 0) is 28.1 Å². The molecule has 0 bridgehead atoms. The Labute approximate surface area is 122 Å². The van der Waals surface area contributed by atoms with Crippen molar-refractivity contribution in [1.29, 1.82) is 0 Å². The fourth-order valence-electron chi connectivity index (χ4n) is 1.88. The maximum absolute atomic E-state index is 13.9. The Morgan fingerprint density at radius 2 is 2.21 bits per heavy atom. The van der Waals surface area contributed by atoms with E-state index in [4.69, 9.17) is 5.11 Å². The van der Waals surface area contributed by atoms with E-state index >= 15 is 0 Å². The van der Waals surface area contributed by atoms with Crippen LogP contribution in [0.1, 0.15) is 10.4 Å². The predicted molar refractivity (Wildman–Crippen MR) is 73.9 cm³/mol. The summed E-state index contributed by atoms with van der Waals surface area (Å²) in [5, 5.41) is 9.12. The topological polar surface area (TPSA) is 57.6 Å². The zero-order valence-corrected chi connectivity index (χ0v) is 12.2. The molecule has 1 unspecified atom stereocenters. The van der Waals surface area contributed by atoms with Crippen molar-refractivity contribution in [3.05, 3.63) is 34.1 Å². The van der Waals surface area contributed by atoms with E-state index in [9.17, 15) is 14.0 Å². The van der Waals surface area contributed by atoms with Gasteiger partial charge in [-0.2, -0.15) is 11.8 Å². The van der Waals surface area contributed by atoms with Crippen LogP contribution in [0.4, 0.5) is 4.39 Å². The number of thioether (sulfide) groups is 1. The molecule has 4 nitrogen and oxygen atoms in total. The third-order valence-electron chi connectivity index (χ3n) is 2.86. The molecule has 2 rings (SSSR count). The van der Waals surface area contributed by atoms with Crippen LogP contribution >= 0.6 is 27.7 Å². The van der Waals surface area contributed by atoms with E-state index in [1.807, 2.05) is 0 Å². The minimum absolute atomic E-state index is 0.104. The van der Waals surface area contributed by atoms with E-state index < -0.39 is 23.7 Å². The molecule has 1 saturated heterocycles. The Balaban J connectivity index is 2.31. The van der Waals surface area contributed by atoms with Gasteiger partial charge in [-0.1, -0.05) is 6.07 Å². The third kappa shape index (κ3) is 2.92. The molecule has 19 heavy (non-hydrogen) atoms. The number of carbonyl (C=O) groups is 2. The van der Waals surface area contributed by atoms with E-state index in [1.165, 1.54) is 28.8 Å². The van der Waals surface area contributed by atoms with Crippen LogP contribution < -0.4 is 0 Å². The highest BCUT2D eigenvalue weighted by atomic mass is 79.9. The van der Waals surface area contributed by atoms with Crippen molar-refractivity contribution in [2.75, 3.05) is 18.1 Å². The van der Waals surface area contributed by atoms with Gasteiger partial charge in [0.15, 0.2) is 0 Å². The summed E-state index contributed by atoms with van der Waals surface area (Å²) in [5.74, 6) is -1.31. The van der Waals surface area contributed by atoms with Gasteiger partial charge in [-0.3, -0.25) is 4.79 Å². The zero-order valence-electron chi connectivity index (χ0n) is 9.81. The summed E-state index contributed by atoms with van der Waals surface area (Å²) in [6.45, 7) is 0.312. The lowest BCUT2D eigenvalue weighted by Crippen LogP contribution is -2.50. The number of aliphatic carboxylic acids is 1. The quantitative estimate of drug-likeness (QED) is 0.891. The molecule has 0 aromatic heterocycles. The lowest BCUT2D eigenvalue weighted by Gasteiger charge is -2.32. The largest absolute Gasteiger partial charge is 0.480 e. The van der Waals surface area contributed by atoms with E-state index in [-0.39, 0.29) is 10.0 Å². The van der Waals surface area contributed by atoms with Gasteiger partial charge in [0.1, 0.15) is 11.9 Å². The van der Waals surface area contributed by atoms with E-state index in [0.717, 1.165) is 0 Å². The standard InChI is InChI=1S/C12H11BrFNO3S/c13-8-3-1-2-7(10(8)14)11(16)15-4-5-19-6-9(15)12(17)18/h1-3,9H,4-6H2,(H,17,18). The first-order valence-electron chi connectivity index (χ1n) is 5.58. The number of amides is 1. The summed E-state index contributed by atoms with van der Waals surface area (Å²) >= 11 is 4.49. The summed E-state index contributed by atoms with van der Waals surface area (Å²) < 4.78 is 14.1. The highest BCUT2D eigenvalue weighted by Crippen LogP contribution is 2.23. The summed E-state index contributed by atoms with van der Waals surface area (Å²) in [6.07, 6.45) is 0. The number of carboxylic acids is 1. The molecule has 0 radical (unpaired) electrons. The van der Waals surface area contributed by atoms with Gasteiger partial charge < -0.3 is 10.0 Å². The number of nitrogens with zero attached hydrogens (tertiary/aromatic N) is 1. The van der Waals surface area contributed by atoms with Crippen LogP contribution in [0.2, 0.25) is 0 Å². The van der Waals surface area contributed by atoms with E-state index in [2.05, 4.69) is 15.9 Å². The molecule has 7 heteroatoms. The summed E-state index contributed by atoms with van der Waals surface area (Å²) in [4.78, 5) is 24.6. The Kier molecular flexibility index (Phi) is 4.46. The zero-order chi connectivity index (χ0) is 14.0. The molecule has 1 amide bonds. The SMILES string of the molecule is O=C(O)C1CSCCN1C(=O)c1cccc(Br)c1F. The molecule has 1 heterocycles. The number of hydrogen-bond acceptors (Lipinski definition) is 3. The fourth-order valence-corrected chi connectivity index (χ4v) is 3.28. The molecule has 1 atom stereocenters. The number of halogens is 2. The predicted octanol–water partition coefficient (Wildman–Crippen LogP) is 2.23. The van der Waals surface area contributed by atoms with Crippen LogP contribution in [-0.4, -0.2) is 46.0 Å². The summed E-state index contributed by atoms with van der Waals surface area (Å²) in [7, 11) is 0. The van der Waals surface area contributed by atoms with Crippen LogP contribution in [-0.2, 0) is 4.79 Å². The first-order chi connectivity index (χ1) is 9.02. The lowest BCUT2D eigenvalue weighted by atomic mass is 10.1. The number of benzene rings is 1. The minimum Gasteiger partial charge on any atom is -0.480 e. The van der Waals surface area contributed by atoms with Crippen molar-refractivity contribution in [2.45, 2.75) is 6.04 Å². The van der Waals surface area contributed by atoms with Crippen molar-refractivity contribution in [3.63, 3.8) is 0 Å². The van der Waals surface area contributed by atoms with E-state index in [1.54, 1.807) is 6.07 Å².